The predicted octanol–water partition coefficient (Wildman–Crippen LogP) is 3.09. The number of carbonyl (C=O) groups is 1. The van der Waals surface area contributed by atoms with Crippen LogP contribution in [0.3, 0.4) is 0 Å². The van der Waals surface area contributed by atoms with Crippen LogP contribution in [0.2, 0.25) is 5.02 Å². The van der Waals surface area contributed by atoms with Gasteiger partial charge in [-0.1, -0.05) is 24.4 Å². The van der Waals surface area contributed by atoms with E-state index in [0.717, 1.165) is 19.3 Å². The molecule has 1 aromatic rings. The number of hydrogen-bond donors (Lipinski definition) is 1. The summed E-state index contributed by atoms with van der Waals surface area (Å²) in [5.74, 6) is -0.0843. The number of ether oxygens (including phenoxy) is 1. The van der Waals surface area contributed by atoms with E-state index in [2.05, 4.69) is 5.32 Å². The summed E-state index contributed by atoms with van der Waals surface area (Å²) in [6, 6.07) is 1.86. The molecule has 1 amide bonds. The highest BCUT2D eigenvalue weighted by molar-refractivity contribution is 7.12. The van der Waals surface area contributed by atoms with E-state index in [0.29, 0.717) is 9.90 Å². The van der Waals surface area contributed by atoms with Crippen LogP contribution in [0.1, 0.15) is 35.4 Å². The second kappa shape index (κ2) is 5.85. The van der Waals surface area contributed by atoms with E-state index in [-0.39, 0.29) is 18.1 Å². The van der Waals surface area contributed by atoms with E-state index < -0.39 is 0 Å². The fraction of sp³-hybridized carbons (Fsp3) is 0.583. The molecule has 1 heterocycles. The number of rotatable bonds is 3. The normalized spacial score (nSPS) is 24.6. The number of thiophene rings is 1. The Bertz CT molecular complexity index is 394. The van der Waals surface area contributed by atoms with Crippen molar-refractivity contribution >= 4 is 28.8 Å². The quantitative estimate of drug-likeness (QED) is 0.919. The molecular weight excluding hydrogens is 258 g/mol. The molecule has 1 saturated carbocycles. The molecule has 0 aromatic carbocycles. The van der Waals surface area contributed by atoms with Crippen molar-refractivity contribution in [1.82, 2.24) is 5.32 Å². The zero-order valence-electron chi connectivity index (χ0n) is 9.74. The van der Waals surface area contributed by atoms with Crippen LogP contribution in [0.25, 0.3) is 0 Å². The molecule has 0 radical (unpaired) electrons. The average Bonchev–Trinajstić information content (AvgIpc) is 2.76. The summed E-state index contributed by atoms with van der Waals surface area (Å²) in [7, 11) is 1.70. The molecule has 3 nitrogen and oxygen atoms in total. The first kappa shape index (κ1) is 12.9. The number of carbonyl (C=O) groups excluding carboxylic acids is 1. The Morgan fingerprint density at radius 1 is 1.53 bits per heavy atom. The first-order valence-electron chi connectivity index (χ1n) is 5.79. The Labute approximate surface area is 110 Å². The molecule has 0 unspecified atom stereocenters. The van der Waals surface area contributed by atoms with Crippen molar-refractivity contribution in [1.29, 1.82) is 0 Å². The Balaban J connectivity index is 2.00. The molecule has 2 atom stereocenters. The summed E-state index contributed by atoms with van der Waals surface area (Å²) >= 11 is 7.31. The van der Waals surface area contributed by atoms with Crippen LogP contribution < -0.4 is 5.32 Å². The third-order valence-corrected chi connectivity index (χ3v) is 4.49. The molecule has 0 aliphatic heterocycles. The molecule has 2 rings (SSSR count). The minimum absolute atomic E-state index is 0.0843. The minimum Gasteiger partial charge on any atom is -0.379 e. The topological polar surface area (TPSA) is 38.3 Å². The number of methoxy groups -OCH3 is 1. The van der Waals surface area contributed by atoms with E-state index in [1.165, 1.54) is 17.8 Å². The lowest BCUT2D eigenvalue weighted by atomic mass is 9.92. The van der Waals surface area contributed by atoms with Crippen LogP contribution >= 0.6 is 22.9 Å². The van der Waals surface area contributed by atoms with Crippen molar-refractivity contribution < 1.29 is 9.53 Å². The molecule has 0 saturated heterocycles. The first-order valence-corrected chi connectivity index (χ1v) is 7.05. The molecule has 5 heteroatoms. The van der Waals surface area contributed by atoms with E-state index in [1.54, 1.807) is 13.2 Å². The molecule has 1 fully saturated rings. The van der Waals surface area contributed by atoms with Gasteiger partial charge in [0.2, 0.25) is 0 Å². The van der Waals surface area contributed by atoms with Gasteiger partial charge in [-0.15, -0.1) is 11.3 Å². The second-order valence-corrected chi connectivity index (χ2v) is 5.56. The molecule has 1 aromatic heterocycles. The summed E-state index contributed by atoms with van der Waals surface area (Å²) < 4.78 is 5.41. The van der Waals surface area contributed by atoms with E-state index in [9.17, 15) is 4.79 Å². The fourth-order valence-electron chi connectivity index (χ4n) is 2.23. The maximum absolute atomic E-state index is 12.0. The zero-order chi connectivity index (χ0) is 12.3. The molecule has 1 aliphatic carbocycles. The molecule has 0 spiro atoms. The lowest BCUT2D eigenvalue weighted by molar-refractivity contribution is 0.0393. The first-order chi connectivity index (χ1) is 8.22. The van der Waals surface area contributed by atoms with Crippen LogP contribution in [0.4, 0.5) is 0 Å². The lowest BCUT2D eigenvalue weighted by Gasteiger charge is -2.30. The minimum atomic E-state index is -0.0843. The van der Waals surface area contributed by atoms with Crippen molar-refractivity contribution in [2.75, 3.05) is 7.11 Å². The van der Waals surface area contributed by atoms with Crippen molar-refractivity contribution in [3.05, 3.63) is 21.3 Å². The highest BCUT2D eigenvalue weighted by Gasteiger charge is 2.27. The maximum Gasteiger partial charge on any atom is 0.263 e. The van der Waals surface area contributed by atoms with E-state index in [4.69, 9.17) is 16.3 Å². The van der Waals surface area contributed by atoms with Crippen LogP contribution in [0, 0.1) is 0 Å². The Hall–Kier alpha value is -0.580. The van der Waals surface area contributed by atoms with Crippen LogP contribution in [0.15, 0.2) is 11.4 Å². The van der Waals surface area contributed by atoms with Crippen LogP contribution in [-0.2, 0) is 4.74 Å². The SMILES string of the molecule is CO[C@@H]1CCCC[C@H]1NC(=O)c1sccc1Cl. The van der Waals surface area contributed by atoms with Gasteiger partial charge in [0.1, 0.15) is 4.88 Å². The van der Waals surface area contributed by atoms with Gasteiger partial charge in [0.15, 0.2) is 0 Å². The van der Waals surface area contributed by atoms with Crippen molar-refractivity contribution in [2.24, 2.45) is 0 Å². The smallest absolute Gasteiger partial charge is 0.263 e. The molecule has 17 heavy (non-hydrogen) atoms. The number of halogens is 1. The summed E-state index contributed by atoms with van der Waals surface area (Å²) in [5, 5.41) is 5.38. The molecule has 1 N–H and O–H groups in total. The van der Waals surface area contributed by atoms with Crippen molar-refractivity contribution in [3.63, 3.8) is 0 Å². The zero-order valence-corrected chi connectivity index (χ0v) is 11.3. The largest absolute Gasteiger partial charge is 0.379 e. The fourth-order valence-corrected chi connectivity index (χ4v) is 3.28. The van der Waals surface area contributed by atoms with Gasteiger partial charge in [-0.2, -0.15) is 0 Å². The van der Waals surface area contributed by atoms with Crippen molar-refractivity contribution in [3.8, 4) is 0 Å². The highest BCUT2D eigenvalue weighted by atomic mass is 35.5. The summed E-state index contributed by atoms with van der Waals surface area (Å²) in [4.78, 5) is 12.6. The van der Waals surface area contributed by atoms with Gasteiger partial charge in [-0.25, -0.2) is 0 Å². The van der Waals surface area contributed by atoms with Gasteiger partial charge in [-0.3, -0.25) is 4.79 Å². The van der Waals surface area contributed by atoms with Crippen molar-refractivity contribution in [2.45, 2.75) is 37.8 Å². The van der Waals surface area contributed by atoms with Crippen LogP contribution in [-0.4, -0.2) is 25.2 Å². The van der Waals surface area contributed by atoms with Gasteiger partial charge in [0.05, 0.1) is 17.2 Å². The molecule has 0 bridgehead atoms. The monoisotopic (exact) mass is 273 g/mol. The maximum atomic E-state index is 12.0. The second-order valence-electron chi connectivity index (χ2n) is 4.24. The van der Waals surface area contributed by atoms with E-state index >= 15 is 0 Å². The molecular formula is C12H16ClNO2S. The Morgan fingerprint density at radius 3 is 2.94 bits per heavy atom. The van der Waals surface area contributed by atoms with Gasteiger partial charge in [0.25, 0.3) is 5.91 Å². The summed E-state index contributed by atoms with van der Waals surface area (Å²) in [5.41, 5.74) is 0. The standard InChI is InChI=1S/C12H16ClNO2S/c1-16-10-5-3-2-4-9(10)14-12(15)11-8(13)6-7-17-11/h6-7,9-10H,2-5H2,1H3,(H,14,15)/t9-,10-/m1/s1. The molecule has 1 aliphatic rings. The highest BCUT2D eigenvalue weighted by Crippen LogP contribution is 2.24. The van der Waals surface area contributed by atoms with E-state index in [1.807, 2.05) is 5.38 Å². The number of hydrogen-bond acceptors (Lipinski definition) is 3. The summed E-state index contributed by atoms with van der Waals surface area (Å²) in [6.45, 7) is 0. The van der Waals surface area contributed by atoms with Gasteiger partial charge < -0.3 is 10.1 Å². The lowest BCUT2D eigenvalue weighted by Crippen LogP contribution is -2.45. The predicted molar refractivity (Wildman–Crippen MR) is 69.8 cm³/mol. The van der Waals surface area contributed by atoms with Gasteiger partial charge >= 0.3 is 0 Å². The third-order valence-electron chi connectivity index (χ3n) is 3.15. The van der Waals surface area contributed by atoms with Crippen LogP contribution in [0.5, 0.6) is 0 Å². The van der Waals surface area contributed by atoms with Gasteiger partial charge in [0, 0.05) is 7.11 Å². The third kappa shape index (κ3) is 3.00. The van der Waals surface area contributed by atoms with Gasteiger partial charge in [-0.05, 0) is 24.3 Å². The molecule has 94 valence electrons. The Morgan fingerprint density at radius 2 is 2.29 bits per heavy atom. The number of nitrogens with one attached hydrogen (secondary N) is 1. The summed E-state index contributed by atoms with van der Waals surface area (Å²) in [6.07, 6.45) is 4.44. The average molecular weight is 274 g/mol. The number of amides is 1. The Kier molecular flexibility index (Phi) is 4.42.